The van der Waals surface area contributed by atoms with E-state index < -0.39 is 37.9 Å². The highest BCUT2D eigenvalue weighted by molar-refractivity contribution is 7.89. The second-order valence-electron chi connectivity index (χ2n) is 6.46. The molecule has 0 saturated carbocycles. The molecule has 1 atom stereocenters. The zero-order valence-corrected chi connectivity index (χ0v) is 17.6. The Morgan fingerprint density at radius 2 is 1.83 bits per heavy atom. The van der Waals surface area contributed by atoms with Crippen molar-refractivity contribution >= 4 is 31.7 Å². The van der Waals surface area contributed by atoms with Gasteiger partial charge in [0.05, 0.1) is 17.8 Å². The number of halogens is 1. The molecule has 0 aliphatic heterocycles. The average molecular weight is 445 g/mol. The third-order valence-electron chi connectivity index (χ3n) is 3.71. The van der Waals surface area contributed by atoms with Gasteiger partial charge >= 0.3 is 0 Å². The quantitative estimate of drug-likeness (QED) is 0.602. The monoisotopic (exact) mass is 444 g/mol. The van der Waals surface area contributed by atoms with Gasteiger partial charge in [-0.2, -0.15) is 8.42 Å². The van der Waals surface area contributed by atoms with Crippen molar-refractivity contribution in [3.8, 4) is 0 Å². The van der Waals surface area contributed by atoms with Crippen molar-refractivity contribution in [2.24, 2.45) is 0 Å². The summed E-state index contributed by atoms with van der Waals surface area (Å²) in [5.74, 6) is -0.974. The number of carbonyl (C=O) groups excluding carboxylic acids is 1. The lowest BCUT2D eigenvalue weighted by molar-refractivity contribution is 0.102. The van der Waals surface area contributed by atoms with E-state index in [1.807, 2.05) is 0 Å². The first-order valence-corrected chi connectivity index (χ1v) is 11.7. The van der Waals surface area contributed by atoms with E-state index >= 15 is 0 Å². The Balaban J connectivity index is 2.14. The molecule has 0 aliphatic rings. The van der Waals surface area contributed by atoms with E-state index in [9.17, 15) is 26.0 Å². The van der Waals surface area contributed by atoms with E-state index in [1.165, 1.54) is 49.4 Å². The number of benzene rings is 2. The van der Waals surface area contributed by atoms with Crippen LogP contribution in [0.1, 0.15) is 22.8 Å². The van der Waals surface area contributed by atoms with E-state index in [0.717, 1.165) is 6.26 Å². The van der Waals surface area contributed by atoms with Gasteiger partial charge in [0.25, 0.3) is 16.0 Å². The molecule has 11 heteroatoms. The van der Waals surface area contributed by atoms with Crippen LogP contribution in [0.15, 0.2) is 47.4 Å². The van der Waals surface area contributed by atoms with Crippen LogP contribution in [0.5, 0.6) is 0 Å². The Kier molecular flexibility index (Phi) is 7.11. The Morgan fingerprint density at radius 3 is 2.45 bits per heavy atom. The number of anilines is 1. The molecular formula is C18H21FN2O6S2. The zero-order valence-electron chi connectivity index (χ0n) is 16.0. The van der Waals surface area contributed by atoms with Crippen LogP contribution in [0, 0.1) is 12.7 Å². The fourth-order valence-corrected chi connectivity index (χ4v) is 4.05. The van der Waals surface area contributed by atoms with Gasteiger partial charge in [-0.05, 0) is 55.8 Å². The Labute approximate surface area is 169 Å². The number of amides is 1. The van der Waals surface area contributed by atoms with Crippen molar-refractivity contribution in [2.75, 3.05) is 18.2 Å². The van der Waals surface area contributed by atoms with Crippen LogP contribution < -0.4 is 10.0 Å². The SMILES string of the molecule is Cc1cc(NC(=O)c2cccc(S(=O)(=O)N[C@H](C)COS(C)(=O)=O)c2)ccc1F. The lowest BCUT2D eigenvalue weighted by Crippen LogP contribution is -2.36. The molecular weight excluding hydrogens is 423 g/mol. The summed E-state index contributed by atoms with van der Waals surface area (Å²) in [6.45, 7) is 2.62. The molecule has 2 rings (SSSR count). The Morgan fingerprint density at radius 1 is 1.14 bits per heavy atom. The normalized spacial score (nSPS) is 13.1. The maximum absolute atomic E-state index is 13.3. The van der Waals surface area contributed by atoms with Gasteiger partial charge in [0.2, 0.25) is 10.0 Å². The van der Waals surface area contributed by atoms with Crippen molar-refractivity contribution in [3.63, 3.8) is 0 Å². The molecule has 8 nitrogen and oxygen atoms in total. The predicted molar refractivity (Wildman–Crippen MR) is 106 cm³/mol. The van der Waals surface area contributed by atoms with Crippen LogP contribution >= 0.6 is 0 Å². The van der Waals surface area contributed by atoms with E-state index in [2.05, 4.69) is 14.2 Å². The van der Waals surface area contributed by atoms with Crippen LogP contribution in [0.4, 0.5) is 10.1 Å². The van der Waals surface area contributed by atoms with Crippen molar-refractivity contribution in [3.05, 3.63) is 59.4 Å². The summed E-state index contributed by atoms with van der Waals surface area (Å²) in [6.07, 6.45) is 0.860. The molecule has 2 aromatic carbocycles. The molecule has 0 heterocycles. The van der Waals surface area contributed by atoms with Gasteiger partial charge in [0.15, 0.2) is 0 Å². The number of carbonyl (C=O) groups is 1. The van der Waals surface area contributed by atoms with E-state index in [4.69, 9.17) is 0 Å². The second-order valence-corrected chi connectivity index (χ2v) is 9.81. The van der Waals surface area contributed by atoms with Crippen LogP contribution in [0.3, 0.4) is 0 Å². The molecule has 1 amide bonds. The predicted octanol–water partition coefficient (Wildman–Crippen LogP) is 2.03. The molecule has 0 bridgehead atoms. The maximum atomic E-state index is 13.3. The van der Waals surface area contributed by atoms with Gasteiger partial charge in [-0.25, -0.2) is 17.5 Å². The Hall–Kier alpha value is -2.34. The standard InChI is InChI=1S/C18H21FN2O6S2/c1-12-9-15(7-8-17(12)19)20-18(22)14-5-4-6-16(10-14)29(25,26)21-13(2)11-27-28(3,23)24/h4-10,13,21H,11H2,1-3H3,(H,20,22)/t13-/m1/s1. The van der Waals surface area contributed by atoms with E-state index in [1.54, 1.807) is 6.92 Å². The largest absolute Gasteiger partial charge is 0.322 e. The minimum Gasteiger partial charge on any atom is -0.322 e. The highest BCUT2D eigenvalue weighted by Gasteiger charge is 2.20. The summed E-state index contributed by atoms with van der Waals surface area (Å²) in [5.41, 5.74) is 0.801. The number of sulfonamides is 1. The van der Waals surface area contributed by atoms with Crippen molar-refractivity contribution < 1.29 is 30.2 Å². The number of nitrogens with one attached hydrogen (secondary N) is 2. The van der Waals surface area contributed by atoms with E-state index in [0.29, 0.717) is 11.3 Å². The number of rotatable bonds is 8. The summed E-state index contributed by atoms with van der Waals surface area (Å²) in [7, 11) is -7.73. The summed E-state index contributed by atoms with van der Waals surface area (Å²) in [4.78, 5) is 12.2. The number of aryl methyl sites for hydroxylation is 1. The third-order valence-corrected chi connectivity index (χ3v) is 5.86. The van der Waals surface area contributed by atoms with Gasteiger partial charge in [0.1, 0.15) is 5.82 Å². The summed E-state index contributed by atoms with van der Waals surface area (Å²) < 4.78 is 67.2. The first kappa shape index (κ1) is 22.9. The summed E-state index contributed by atoms with van der Waals surface area (Å²) >= 11 is 0. The average Bonchev–Trinajstić information content (AvgIpc) is 2.62. The van der Waals surface area contributed by atoms with E-state index in [-0.39, 0.29) is 17.1 Å². The molecule has 2 aromatic rings. The Bertz CT molecular complexity index is 1120. The van der Waals surface area contributed by atoms with Gasteiger partial charge in [-0.15, -0.1) is 0 Å². The number of hydrogen-bond donors (Lipinski definition) is 2. The lowest BCUT2D eigenvalue weighted by Gasteiger charge is -2.14. The molecule has 0 unspecified atom stereocenters. The van der Waals surface area contributed by atoms with Gasteiger partial charge in [-0.3, -0.25) is 8.98 Å². The molecule has 0 fully saturated rings. The molecule has 158 valence electrons. The fourth-order valence-electron chi connectivity index (χ4n) is 2.32. The van der Waals surface area contributed by atoms with Crippen LogP contribution in [-0.2, 0) is 24.3 Å². The number of hydrogen-bond acceptors (Lipinski definition) is 6. The molecule has 0 spiro atoms. The first-order valence-electron chi connectivity index (χ1n) is 8.42. The molecule has 0 saturated heterocycles. The minimum atomic E-state index is -4.02. The molecule has 0 aliphatic carbocycles. The maximum Gasteiger partial charge on any atom is 0.264 e. The lowest BCUT2D eigenvalue weighted by atomic mass is 10.2. The van der Waals surface area contributed by atoms with Crippen molar-refractivity contribution in [2.45, 2.75) is 24.8 Å². The summed E-state index contributed by atoms with van der Waals surface area (Å²) in [6, 6.07) is 8.55. The smallest absolute Gasteiger partial charge is 0.264 e. The molecule has 0 aromatic heterocycles. The van der Waals surface area contributed by atoms with Crippen LogP contribution in [0.25, 0.3) is 0 Å². The van der Waals surface area contributed by atoms with Crippen LogP contribution in [-0.4, -0.2) is 41.6 Å². The highest BCUT2D eigenvalue weighted by Crippen LogP contribution is 2.17. The van der Waals surface area contributed by atoms with Crippen molar-refractivity contribution in [1.82, 2.24) is 4.72 Å². The zero-order chi connectivity index (χ0) is 21.8. The van der Waals surface area contributed by atoms with Crippen LogP contribution in [0.2, 0.25) is 0 Å². The van der Waals surface area contributed by atoms with Crippen molar-refractivity contribution in [1.29, 1.82) is 0 Å². The molecule has 0 radical (unpaired) electrons. The topological polar surface area (TPSA) is 119 Å². The van der Waals surface area contributed by atoms with Gasteiger partial charge in [-0.1, -0.05) is 6.07 Å². The minimum absolute atomic E-state index is 0.0786. The second kappa shape index (κ2) is 8.99. The molecule has 2 N–H and O–H groups in total. The van der Waals surface area contributed by atoms with Gasteiger partial charge in [0, 0.05) is 17.3 Å². The third kappa shape index (κ3) is 6.89. The summed E-state index contributed by atoms with van der Waals surface area (Å²) in [5, 5.41) is 2.58. The fraction of sp³-hybridized carbons (Fsp3) is 0.278. The highest BCUT2D eigenvalue weighted by atomic mass is 32.2. The first-order chi connectivity index (χ1) is 13.4. The van der Waals surface area contributed by atoms with Gasteiger partial charge < -0.3 is 5.32 Å². The molecule has 29 heavy (non-hydrogen) atoms.